The third-order valence-electron chi connectivity index (χ3n) is 2.97. The van der Waals surface area contributed by atoms with E-state index >= 15 is 0 Å². The largest absolute Gasteiger partial charge is 0.377 e. The fourth-order valence-electron chi connectivity index (χ4n) is 1.99. The van der Waals surface area contributed by atoms with E-state index in [1.807, 2.05) is 35.7 Å². The smallest absolute Gasteiger partial charge is 0.191 e. The molecular weight excluding hydrogens is 254 g/mol. The van der Waals surface area contributed by atoms with E-state index in [1.165, 1.54) is 16.9 Å². The number of carbonyl (C=O) groups is 1. The van der Waals surface area contributed by atoms with Gasteiger partial charge in [0.1, 0.15) is 0 Å². The van der Waals surface area contributed by atoms with Gasteiger partial charge < -0.3 is 5.32 Å². The maximum Gasteiger partial charge on any atom is 0.191 e. The maximum atomic E-state index is 12.0. The third-order valence-corrected chi connectivity index (χ3v) is 3.88. The molecule has 2 aromatic rings. The van der Waals surface area contributed by atoms with Crippen LogP contribution in [0.4, 0.5) is 5.69 Å². The standard InChI is InChI=1S/C16H19NOS/c1-16(2,3)12-7-4-5-8-13(12)17-11-14(18)15-9-6-10-19-15/h4-10,17H,11H2,1-3H3. The molecule has 0 saturated carbocycles. The monoisotopic (exact) mass is 273 g/mol. The van der Waals surface area contributed by atoms with Crippen molar-refractivity contribution in [2.24, 2.45) is 0 Å². The molecule has 0 radical (unpaired) electrons. The zero-order valence-electron chi connectivity index (χ0n) is 11.6. The number of thiophene rings is 1. The molecule has 0 aliphatic carbocycles. The second-order valence-corrected chi connectivity index (χ2v) is 6.50. The average Bonchev–Trinajstić information content (AvgIpc) is 2.89. The van der Waals surface area contributed by atoms with E-state index < -0.39 is 0 Å². The van der Waals surface area contributed by atoms with Gasteiger partial charge >= 0.3 is 0 Å². The molecule has 1 aromatic heterocycles. The number of para-hydroxylation sites is 1. The Kier molecular flexibility index (Phi) is 4.05. The topological polar surface area (TPSA) is 29.1 Å². The van der Waals surface area contributed by atoms with Gasteiger partial charge in [0, 0.05) is 5.69 Å². The Labute approximate surface area is 118 Å². The van der Waals surface area contributed by atoms with Crippen LogP contribution in [0.5, 0.6) is 0 Å². The van der Waals surface area contributed by atoms with Crippen LogP contribution < -0.4 is 5.32 Å². The summed E-state index contributed by atoms with van der Waals surface area (Å²) in [6.07, 6.45) is 0. The number of ketones is 1. The summed E-state index contributed by atoms with van der Waals surface area (Å²) in [5, 5.41) is 5.19. The van der Waals surface area contributed by atoms with Crippen LogP contribution in [-0.2, 0) is 5.41 Å². The van der Waals surface area contributed by atoms with Crippen LogP contribution in [0.15, 0.2) is 41.8 Å². The van der Waals surface area contributed by atoms with E-state index in [1.54, 1.807) is 0 Å². The van der Waals surface area contributed by atoms with Crippen LogP contribution in [0.1, 0.15) is 36.0 Å². The minimum Gasteiger partial charge on any atom is -0.377 e. The van der Waals surface area contributed by atoms with Gasteiger partial charge in [-0.05, 0) is 28.5 Å². The Balaban J connectivity index is 2.10. The molecule has 1 heterocycles. The number of anilines is 1. The highest BCUT2D eigenvalue weighted by Gasteiger charge is 2.17. The van der Waals surface area contributed by atoms with Crippen LogP contribution >= 0.6 is 11.3 Å². The summed E-state index contributed by atoms with van der Waals surface area (Å²) < 4.78 is 0. The number of nitrogens with one attached hydrogen (secondary N) is 1. The molecule has 0 aliphatic rings. The molecule has 0 bridgehead atoms. The first-order valence-electron chi connectivity index (χ1n) is 6.38. The number of benzene rings is 1. The Morgan fingerprint density at radius 3 is 2.53 bits per heavy atom. The van der Waals surface area contributed by atoms with Crippen LogP contribution in [0.2, 0.25) is 0 Å². The molecule has 2 nitrogen and oxygen atoms in total. The number of rotatable bonds is 4. The molecule has 3 heteroatoms. The SMILES string of the molecule is CC(C)(C)c1ccccc1NCC(=O)c1cccs1. The van der Waals surface area contributed by atoms with Gasteiger partial charge in [0.25, 0.3) is 0 Å². The van der Waals surface area contributed by atoms with Crippen molar-refractivity contribution >= 4 is 22.8 Å². The van der Waals surface area contributed by atoms with E-state index in [9.17, 15) is 4.79 Å². The fourth-order valence-corrected chi connectivity index (χ4v) is 2.66. The second kappa shape index (κ2) is 5.57. The maximum absolute atomic E-state index is 12.0. The minimum absolute atomic E-state index is 0.0651. The van der Waals surface area contributed by atoms with Crippen molar-refractivity contribution in [2.75, 3.05) is 11.9 Å². The van der Waals surface area contributed by atoms with Crippen LogP contribution in [-0.4, -0.2) is 12.3 Å². The summed E-state index contributed by atoms with van der Waals surface area (Å²) in [5.41, 5.74) is 2.34. The van der Waals surface area contributed by atoms with Crippen molar-refractivity contribution in [2.45, 2.75) is 26.2 Å². The molecular formula is C16H19NOS. The van der Waals surface area contributed by atoms with E-state index in [0.29, 0.717) is 6.54 Å². The van der Waals surface area contributed by atoms with E-state index in [2.05, 4.69) is 32.2 Å². The first kappa shape index (κ1) is 13.8. The highest BCUT2D eigenvalue weighted by Crippen LogP contribution is 2.29. The first-order chi connectivity index (χ1) is 8.98. The summed E-state index contributed by atoms with van der Waals surface area (Å²) in [7, 11) is 0. The predicted octanol–water partition coefficient (Wildman–Crippen LogP) is 4.34. The number of hydrogen-bond acceptors (Lipinski definition) is 3. The van der Waals surface area contributed by atoms with E-state index in [4.69, 9.17) is 0 Å². The summed E-state index contributed by atoms with van der Waals surface area (Å²) in [4.78, 5) is 12.8. The Hall–Kier alpha value is -1.61. The number of Topliss-reactive ketones (excluding diaryl/α,β-unsaturated/α-hetero) is 1. The first-order valence-corrected chi connectivity index (χ1v) is 7.26. The lowest BCUT2D eigenvalue weighted by Gasteiger charge is -2.23. The second-order valence-electron chi connectivity index (χ2n) is 5.55. The average molecular weight is 273 g/mol. The summed E-state index contributed by atoms with van der Waals surface area (Å²) in [5.74, 6) is 0.138. The molecule has 0 atom stereocenters. The fraction of sp³-hybridized carbons (Fsp3) is 0.312. The van der Waals surface area contributed by atoms with Crippen LogP contribution in [0, 0.1) is 0 Å². The van der Waals surface area contributed by atoms with Gasteiger partial charge in [-0.25, -0.2) is 0 Å². The molecule has 1 aromatic carbocycles. The summed E-state index contributed by atoms with van der Waals surface area (Å²) in [6, 6.07) is 11.9. The number of carbonyl (C=O) groups excluding carboxylic acids is 1. The molecule has 2 rings (SSSR count). The highest BCUT2D eigenvalue weighted by atomic mass is 32.1. The lowest BCUT2D eigenvalue weighted by molar-refractivity contribution is 0.101. The molecule has 0 unspecified atom stereocenters. The van der Waals surface area contributed by atoms with Gasteiger partial charge in [-0.1, -0.05) is 45.0 Å². The van der Waals surface area contributed by atoms with Crippen molar-refractivity contribution in [3.8, 4) is 0 Å². The summed E-state index contributed by atoms with van der Waals surface area (Å²) in [6.45, 7) is 6.87. The lowest BCUT2D eigenvalue weighted by atomic mass is 9.86. The Bertz CT molecular complexity index is 552. The van der Waals surface area contributed by atoms with Crippen molar-refractivity contribution in [3.63, 3.8) is 0 Å². The predicted molar refractivity (Wildman–Crippen MR) is 82.3 cm³/mol. The van der Waals surface area contributed by atoms with Crippen LogP contribution in [0.3, 0.4) is 0 Å². The molecule has 0 amide bonds. The lowest BCUT2D eigenvalue weighted by Crippen LogP contribution is -2.18. The van der Waals surface area contributed by atoms with Gasteiger partial charge in [-0.15, -0.1) is 11.3 Å². The van der Waals surface area contributed by atoms with Gasteiger partial charge in [-0.2, -0.15) is 0 Å². The van der Waals surface area contributed by atoms with Crippen molar-refractivity contribution in [1.29, 1.82) is 0 Å². The normalized spacial score (nSPS) is 11.3. The highest BCUT2D eigenvalue weighted by molar-refractivity contribution is 7.12. The molecule has 19 heavy (non-hydrogen) atoms. The Morgan fingerprint density at radius 2 is 1.89 bits per heavy atom. The van der Waals surface area contributed by atoms with Gasteiger partial charge in [0.05, 0.1) is 11.4 Å². The van der Waals surface area contributed by atoms with Crippen molar-refractivity contribution < 1.29 is 4.79 Å². The van der Waals surface area contributed by atoms with E-state index in [-0.39, 0.29) is 11.2 Å². The van der Waals surface area contributed by atoms with Crippen LogP contribution in [0.25, 0.3) is 0 Å². The summed E-state index contributed by atoms with van der Waals surface area (Å²) >= 11 is 1.49. The molecule has 1 N–H and O–H groups in total. The van der Waals surface area contributed by atoms with E-state index in [0.717, 1.165) is 10.6 Å². The molecule has 0 saturated heterocycles. The van der Waals surface area contributed by atoms with Gasteiger partial charge in [0.15, 0.2) is 5.78 Å². The Morgan fingerprint density at radius 1 is 1.16 bits per heavy atom. The molecule has 0 fully saturated rings. The van der Waals surface area contributed by atoms with Crippen molar-refractivity contribution in [1.82, 2.24) is 0 Å². The van der Waals surface area contributed by atoms with Gasteiger partial charge in [-0.3, -0.25) is 4.79 Å². The number of hydrogen-bond donors (Lipinski definition) is 1. The van der Waals surface area contributed by atoms with Crippen molar-refractivity contribution in [3.05, 3.63) is 52.2 Å². The quantitative estimate of drug-likeness (QED) is 0.840. The molecule has 100 valence electrons. The zero-order chi connectivity index (χ0) is 13.9. The molecule has 0 aliphatic heterocycles. The van der Waals surface area contributed by atoms with Gasteiger partial charge in [0.2, 0.25) is 0 Å². The molecule has 0 spiro atoms. The zero-order valence-corrected chi connectivity index (χ0v) is 12.4. The minimum atomic E-state index is 0.0651. The third kappa shape index (κ3) is 3.44.